The van der Waals surface area contributed by atoms with Crippen molar-refractivity contribution in [1.82, 2.24) is 25.0 Å². The van der Waals surface area contributed by atoms with E-state index >= 15 is 0 Å². The molecule has 1 saturated carbocycles. The van der Waals surface area contributed by atoms with Crippen molar-refractivity contribution in [2.75, 3.05) is 13.6 Å². The van der Waals surface area contributed by atoms with Gasteiger partial charge in [-0.25, -0.2) is 0 Å². The lowest BCUT2D eigenvalue weighted by molar-refractivity contribution is 0.0717. The zero-order valence-corrected chi connectivity index (χ0v) is 16.2. The van der Waals surface area contributed by atoms with Crippen LogP contribution in [0.15, 0.2) is 24.3 Å². The first-order valence-electron chi connectivity index (χ1n) is 9.42. The Labute approximate surface area is 166 Å². The highest BCUT2D eigenvalue weighted by Gasteiger charge is 2.34. The van der Waals surface area contributed by atoms with Crippen molar-refractivity contribution in [3.63, 3.8) is 0 Å². The number of nitrogens with one attached hydrogen (secondary N) is 2. The normalized spacial score (nSPS) is 16.3. The Bertz CT molecular complexity index is 1100. The molecular weight excluding hydrogens is 378 g/mol. The van der Waals surface area contributed by atoms with Crippen LogP contribution in [0.2, 0.25) is 5.02 Å². The molecule has 0 radical (unpaired) electrons. The minimum Gasteiger partial charge on any atom is -0.350 e. The Morgan fingerprint density at radius 3 is 2.89 bits per heavy atom. The molecule has 2 aromatic heterocycles. The average Bonchev–Trinajstić information content (AvgIpc) is 3.31. The third kappa shape index (κ3) is 2.77. The quantitative estimate of drug-likeness (QED) is 0.712. The Morgan fingerprint density at radius 1 is 1.32 bits per heavy atom. The number of benzene rings is 1. The molecule has 5 rings (SSSR count). The summed E-state index contributed by atoms with van der Waals surface area (Å²) in [4.78, 5) is 32.5. The van der Waals surface area contributed by atoms with Crippen molar-refractivity contribution in [2.45, 2.75) is 31.8 Å². The minimum atomic E-state index is -0.104. The molecule has 0 spiro atoms. The summed E-state index contributed by atoms with van der Waals surface area (Å²) in [5, 5.41) is 8.66. The number of hydrogen-bond acceptors (Lipinski definition) is 3. The van der Waals surface area contributed by atoms with E-state index in [4.69, 9.17) is 11.6 Å². The van der Waals surface area contributed by atoms with Crippen molar-refractivity contribution >= 4 is 34.3 Å². The zero-order valence-electron chi connectivity index (χ0n) is 15.5. The Hall–Kier alpha value is -2.80. The lowest BCUT2D eigenvalue weighted by Crippen LogP contribution is -2.37. The minimum absolute atomic E-state index is 0.0528. The first kappa shape index (κ1) is 17.3. The molecule has 7 nitrogen and oxygen atoms in total. The van der Waals surface area contributed by atoms with Crippen molar-refractivity contribution in [1.29, 1.82) is 0 Å². The third-order valence-corrected chi connectivity index (χ3v) is 6.01. The first-order chi connectivity index (χ1) is 13.5. The molecule has 2 N–H and O–H groups in total. The Kier molecular flexibility index (Phi) is 3.94. The Balaban J connectivity index is 1.41. The summed E-state index contributed by atoms with van der Waals surface area (Å²) in [6.45, 7) is 0.930. The topological polar surface area (TPSA) is 85.1 Å². The van der Waals surface area contributed by atoms with E-state index in [2.05, 4.69) is 15.2 Å². The number of H-pyrrole nitrogens is 2. The highest BCUT2D eigenvalue weighted by Crippen LogP contribution is 2.29. The van der Waals surface area contributed by atoms with Crippen LogP contribution in [0.25, 0.3) is 10.9 Å². The molecule has 2 amide bonds. The first-order valence-corrected chi connectivity index (χ1v) is 9.80. The van der Waals surface area contributed by atoms with E-state index in [-0.39, 0.29) is 11.8 Å². The average molecular weight is 398 g/mol. The lowest BCUT2D eigenvalue weighted by Gasteiger charge is -2.27. The van der Waals surface area contributed by atoms with Crippen molar-refractivity contribution in [2.24, 2.45) is 0 Å². The highest BCUT2D eigenvalue weighted by molar-refractivity contribution is 6.35. The number of carbonyl (C=O) groups excluding carboxylic acids is 2. The van der Waals surface area contributed by atoms with Crippen LogP contribution in [0.3, 0.4) is 0 Å². The van der Waals surface area contributed by atoms with Crippen LogP contribution in [0, 0.1) is 0 Å². The lowest BCUT2D eigenvalue weighted by atomic mass is 10.0. The number of fused-ring (bicyclic) bond motifs is 2. The molecule has 2 aliphatic rings. The van der Waals surface area contributed by atoms with Gasteiger partial charge in [0.05, 0.1) is 12.2 Å². The number of amides is 2. The predicted molar refractivity (Wildman–Crippen MR) is 105 cm³/mol. The van der Waals surface area contributed by atoms with Gasteiger partial charge in [-0.15, -0.1) is 0 Å². The fourth-order valence-corrected chi connectivity index (χ4v) is 4.08. The summed E-state index contributed by atoms with van der Waals surface area (Å²) >= 11 is 6.23. The largest absolute Gasteiger partial charge is 0.350 e. The summed E-state index contributed by atoms with van der Waals surface area (Å²) in [6, 6.07) is 7.66. The van der Waals surface area contributed by atoms with Crippen LogP contribution in [-0.4, -0.2) is 56.4 Å². The molecule has 3 heterocycles. The molecule has 0 atom stereocenters. The van der Waals surface area contributed by atoms with Gasteiger partial charge < -0.3 is 14.8 Å². The van der Waals surface area contributed by atoms with E-state index in [1.165, 1.54) is 0 Å². The number of nitrogens with zero attached hydrogens (tertiary/aromatic N) is 3. The molecule has 1 fully saturated rings. The van der Waals surface area contributed by atoms with Crippen LogP contribution < -0.4 is 0 Å². The van der Waals surface area contributed by atoms with Gasteiger partial charge in [-0.1, -0.05) is 17.7 Å². The molecule has 28 heavy (non-hydrogen) atoms. The highest BCUT2D eigenvalue weighted by atomic mass is 35.5. The maximum Gasteiger partial charge on any atom is 0.272 e. The molecule has 0 saturated heterocycles. The molecule has 8 heteroatoms. The summed E-state index contributed by atoms with van der Waals surface area (Å²) in [6.07, 6.45) is 2.72. The number of carbonyl (C=O) groups is 2. The van der Waals surface area contributed by atoms with Crippen LogP contribution in [0.5, 0.6) is 0 Å². The third-order valence-electron chi connectivity index (χ3n) is 5.68. The van der Waals surface area contributed by atoms with E-state index in [0.29, 0.717) is 42.0 Å². The summed E-state index contributed by atoms with van der Waals surface area (Å²) < 4.78 is 0. The maximum atomic E-state index is 13.1. The van der Waals surface area contributed by atoms with Gasteiger partial charge >= 0.3 is 0 Å². The van der Waals surface area contributed by atoms with Crippen LogP contribution in [0.4, 0.5) is 0 Å². The van der Waals surface area contributed by atoms with Gasteiger partial charge in [-0.3, -0.25) is 14.7 Å². The van der Waals surface area contributed by atoms with Gasteiger partial charge in [0.2, 0.25) is 0 Å². The van der Waals surface area contributed by atoms with E-state index in [1.807, 2.05) is 19.2 Å². The molecule has 3 aromatic rings. The van der Waals surface area contributed by atoms with Crippen LogP contribution in [-0.2, 0) is 13.0 Å². The summed E-state index contributed by atoms with van der Waals surface area (Å²) in [7, 11) is 1.83. The fraction of sp³-hybridized carbons (Fsp3) is 0.350. The van der Waals surface area contributed by atoms with Gasteiger partial charge in [-0.05, 0) is 31.0 Å². The van der Waals surface area contributed by atoms with Crippen molar-refractivity contribution in [3.8, 4) is 0 Å². The maximum absolute atomic E-state index is 13.1. The van der Waals surface area contributed by atoms with Crippen molar-refractivity contribution in [3.05, 3.63) is 51.9 Å². The smallest absolute Gasteiger partial charge is 0.272 e. The van der Waals surface area contributed by atoms with E-state index in [1.54, 1.807) is 21.9 Å². The second kappa shape index (κ2) is 6.38. The molecule has 1 aliphatic heterocycles. The number of aromatic nitrogens is 3. The fourth-order valence-electron chi connectivity index (χ4n) is 3.85. The predicted octanol–water partition coefficient (Wildman–Crippen LogP) is 2.98. The molecule has 0 bridgehead atoms. The second-order valence-electron chi connectivity index (χ2n) is 7.53. The number of hydrogen-bond donors (Lipinski definition) is 2. The second-order valence-corrected chi connectivity index (χ2v) is 7.94. The summed E-state index contributed by atoms with van der Waals surface area (Å²) in [5.74, 6) is -0.156. The zero-order chi connectivity index (χ0) is 19.4. The number of aromatic amines is 2. The molecular formula is C20H20ClN5O2. The Morgan fingerprint density at radius 2 is 2.14 bits per heavy atom. The van der Waals surface area contributed by atoms with Gasteiger partial charge in [-0.2, -0.15) is 5.10 Å². The number of halogens is 1. The summed E-state index contributed by atoms with van der Waals surface area (Å²) in [5.41, 5.74) is 3.53. The molecule has 1 aromatic carbocycles. The number of rotatable bonds is 3. The van der Waals surface area contributed by atoms with E-state index in [9.17, 15) is 9.59 Å². The van der Waals surface area contributed by atoms with E-state index < -0.39 is 0 Å². The SMILES string of the molecule is CN(C(=O)c1[nH]nc2c1CN(C(=O)c1cc3c(Cl)cccc3[nH]1)CC2)C1CC1. The van der Waals surface area contributed by atoms with Gasteiger partial charge in [0.25, 0.3) is 11.8 Å². The monoisotopic (exact) mass is 397 g/mol. The van der Waals surface area contributed by atoms with Gasteiger partial charge in [0.15, 0.2) is 0 Å². The molecule has 1 aliphatic carbocycles. The molecule has 0 unspecified atom stereocenters. The van der Waals surface area contributed by atoms with E-state index in [0.717, 1.165) is 35.0 Å². The standard InChI is InChI=1S/C20H20ClN5O2/c1-25(11-5-6-11)20(28)18-13-10-26(8-7-16(13)23-24-18)19(27)17-9-12-14(21)3-2-4-15(12)22-17/h2-4,9,11,22H,5-8,10H2,1H3,(H,23,24). The van der Waals surface area contributed by atoms with Crippen LogP contribution >= 0.6 is 11.6 Å². The van der Waals surface area contributed by atoms with Gasteiger partial charge in [0, 0.05) is 47.5 Å². The van der Waals surface area contributed by atoms with Crippen LogP contribution in [0.1, 0.15) is 45.1 Å². The van der Waals surface area contributed by atoms with Gasteiger partial charge in [0.1, 0.15) is 11.4 Å². The van der Waals surface area contributed by atoms with Crippen molar-refractivity contribution < 1.29 is 9.59 Å². The molecule has 144 valence electrons.